The number of hydrogen-bond donors (Lipinski definition) is 2. The Morgan fingerprint density at radius 3 is 2.26 bits per heavy atom. The normalized spacial score (nSPS) is 32.6. The number of fused-ring (bicyclic) bond motifs is 2. The van der Waals surface area contributed by atoms with Crippen LogP contribution in [-0.2, 0) is 4.74 Å². The van der Waals surface area contributed by atoms with Crippen LogP contribution in [0, 0.1) is 28.6 Å². The number of nitrogens with zero attached hydrogens (tertiary/aromatic N) is 3. The first-order chi connectivity index (χ1) is 9.19. The van der Waals surface area contributed by atoms with Gasteiger partial charge in [0.05, 0.1) is 31.5 Å². The molecule has 3 unspecified atom stereocenters. The Bertz CT molecular complexity index is 359. The number of morpholine rings is 1. The first kappa shape index (κ1) is 14.2. The van der Waals surface area contributed by atoms with Crippen molar-refractivity contribution in [2.75, 3.05) is 27.3 Å². The molecule has 0 aliphatic carbocycles. The maximum absolute atomic E-state index is 8.98. The van der Waals surface area contributed by atoms with Gasteiger partial charge in [0, 0.05) is 18.1 Å². The lowest BCUT2D eigenvalue weighted by molar-refractivity contribution is -0.0693. The minimum atomic E-state index is -0.666. The van der Waals surface area contributed by atoms with Crippen LogP contribution in [0.25, 0.3) is 0 Å². The summed E-state index contributed by atoms with van der Waals surface area (Å²) in [5.74, 6) is -0.666. The van der Waals surface area contributed by atoms with Gasteiger partial charge in [-0.2, -0.15) is 10.5 Å². The molecule has 0 radical (unpaired) electrons. The summed E-state index contributed by atoms with van der Waals surface area (Å²) in [5, 5.41) is 24.4. The molecule has 19 heavy (non-hydrogen) atoms. The Kier molecular flexibility index (Phi) is 4.73. The summed E-state index contributed by atoms with van der Waals surface area (Å²) in [6, 6.07) is 5.26. The highest BCUT2D eigenvalue weighted by molar-refractivity contribution is 5.05. The summed E-state index contributed by atoms with van der Waals surface area (Å²) in [4.78, 5) is 2.39. The number of nitriles is 2. The van der Waals surface area contributed by atoms with Gasteiger partial charge >= 0.3 is 0 Å². The van der Waals surface area contributed by atoms with Gasteiger partial charge in [-0.3, -0.25) is 10.2 Å². The first-order valence-corrected chi connectivity index (χ1v) is 6.71. The fourth-order valence-corrected chi connectivity index (χ4v) is 3.01. The molecule has 2 N–H and O–H groups in total. The third-order valence-corrected chi connectivity index (χ3v) is 4.22. The summed E-state index contributed by atoms with van der Waals surface area (Å²) < 4.78 is 5.59. The number of piperidine rings is 1. The van der Waals surface area contributed by atoms with Crippen LogP contribution in [0.5, 0.6) is 0 Å². The second-order valence-corrected chi connectivity index (χ2v) is 5.35. The molecule has 2 heterocycles. The van der Waals surface area contributed by atoms with Gasteiger partial charge in [0.2, 0.25) is 0 Å². The summed E-state index contributed by atoms with van der Waals surface area (Å²) in [5.41, 5.74) is 0. The zero-order valence-corrected chi connectivity index (χ0v) is 11.5. The molecule has 2 saturated heterocycles. The maximum Gasteiger partial charge on any atom is 0.161 e. The summed E-state index contributed by atoms with van der Waals surface area (Å²) in [6.45, 7) is 1.55. The molecule has 2 bridgehead atoms. The van der Waals surface area contributed by atoms with E-state index in [1.807, 2.05) is 12.1 Å². The number of likely N-dealkylation sites (N-methyl/N-ethyl adjacent to an activating group) is 1. The molecule has 2 aliphatic heterocycles. The molecule has 0 aromatic carbocycles. The first-order valence-electron chi connectivity index (χ1n) is 6.71. The molecule has 104 valence electrons. The van der Waals surface area contributed by atoms with Gasteiger partial charge in [0.15, 0.2) is 5.92 Å². The molecule has 0 aromatic heterocycles. The lowest BCUT2D eigenvalue weighted by atomic mass is 9.90. The molecule has 2 fully saturated rings. The highest BCUT2D eigenvalue weighted by atomic mass is 16.5. The average molecular weight is 263 g/mol. The lowest BCUT2D eigenvalue weighted by Gasteiger charge is -2.47. The van der Waals surface area contributed by atoms with E-state index in [-0.39, 0.29) is 6.17 Å². The second-order valence-electron chi connectivity index (χ2n) is 5.35. The Hall–Kier alpha value is -1.18. The summed E-state index contributed by atoms with van der Waals surface area (Å²) >= 11 is 0. The third-order valence-electron chi connectivity index (χ3n) is 4.22. The molecule has 6 nitrogen and oxygen atoms in total. The Labute approximate surface area is 114 Å². The van der Waals surface area contributed by atoms with Crippen molar-refractivity contribution in [3.63, 3.8) is 0 Å². The van der Waals surface area contributed by atoms with Gasteiger partial charge in [-0.05, 0) is 26.9 Å². The summed E-state index contributed by atoms with van der Waals surface area (Å²) in [7, 11) is 3.93. The van der Waals surface area contributed by atoms with E-state index >= 15 is 0 Å². The topological polar surface area (TPSA) is 84.1 Å². The molecule has 2 rings (SSSR count). The Balaban J connectivity index is 1.96. The highest BCUT2D eigenvalue weighted by Crippen LogP contribution is 2.26. The van der Waals surface area contributed by atoms with E-state index in [1.165, 1.54) is 0 Å². The molecule has 0 saturated carbocycles. The van der Waals surface area contributed by atoms with Crippen molar-refractivity contribution in [2.45, 2.75) is 37.1 Å². The van der Waals surface area contributed by atoms with E-state index in [0.717, 1.165) is 26.1 Å². The number of ether oxygens (including phenoxy) is 1. The van der Waals surface area contributed by atoms with Crippen molar-refractivity contribution in [3.8, 4) is 12.1 Å². The average Bonchev–Trinajstić information content (AvgIpc) is 2.39. The van der Waals surface area contributed by atoms with Gasteiger partial charge in [0.25, 0.3) is 0 Å². The van der Waals surface area contributed by atoms with E-state index in [4.69, 9.17) is 15.3 Å². The zero-order chi connectivity index (χ0) is 13.8. The predicted octanol–water partition coefficient (Wildman–Crippen LogP) is -0.354. The predicted molar refractivity (Wildman–Crippen MR) is 69.9 cm³/mol. The zero-order valence-electron chi connectivity index (χ0n) is 11.5. The van der Waals surface area contributed by atoms with Crippen molar-refractivity contribution in [1.29, 1.82) is 10.5 Å². The molecular weight excluding hydrogens is 242 g/mol. The number of nitrogens with one attached hydrogen (secondary N) is 2. The Morgan fingerprint density at radius 2 is 1.79 bits per heavy atom. The van der Waals surface area contributed by atoms with Crippen molar-refractivity contribution in [2.24, 2.45) is 5.92 Å². The van der Waals surface area contributed by atoms with Crippen LogP contribution in [-0.4, -0.2) is 56.5 Å². The van der Waals surface area contributed by atoms with Crippen LogP contribution >= 0.6 is 0 Å². The summed E-state index contributed by atoms with van der Waals surface area (Å²) in [6.07, 6.45) is 1.72. The maximum atomic E-state index is 8.98. The SMILES string of the molecule is CNC(NC1CC2COCC(C1)N2C)C(C#N)C#N. The van der Waals surface area contributed by atoms with E-state index in [2.05, 4.69) is 22.6 Å². The molecule has 0 spiro atoms. The number of hydrogen-bond acceptors (Lipinski definition) is 6. The molecule has 6 heteroatoms. The van der Waals surface area contributed by atoms with Crippen LogP contribution in [0.15, 0.2) is 0 Å². The fraction of sp³-hybridized carbons (Fsp3) is 0.846. The van der Waals surface area contributed by atoms with Gasteiger partial charge in [-0.25, -0.2) is 0 Å². The van der Waals surface area contributed by atoms with E-state index in [0.29, 0.717) is 18.1 Å². The molecular formula is C13H21N5O. The van der Waals surface area contributed by atoms with Crippen LogP contribution in [0.4, 0.5) is 0 Å². The standard InChI is InChI=1S/C13H21N5O/c1-16-13(9(5-14)6-15)17-10-3-11-7-19-8-12(4-10)18(11)2/h9-13,16-17H,3-4,7-8H2,1-2H3. The monoisotopic (exact) mass is 263 g/mol. The fourth-order valence-electron chi connectivity index (χ4n) is 3.01. The second kappa shape index (κ2) is 6.31. The smallest absolute Gasteiger partial charge is 0.161 e. The van der Waals surface area contributed by atoms with Crippen molar-refractivity contribution >= 4 is 0 Å². The molecule has 0 amide bonds. The van der Waals surface area contributed by atoms with Crippen LogP contribution in [0.3, 0.4) is 0 Å². The van der Waals surface area contributed by atoms with Gasteiger partial charge in [-0.15, -0.1) is 0 Å². The quantitative estimate of drug-likeness (QED) is 0.674. The van der Waals surface area contributed by atoms with E-state index in [1.54, 1.807) is 7.05 Å². The molecule has 3 atom stereocenters. The lowest BCUT2D eigenvalue weighted by Crippen LogP contribution is -2.61. The van der Waals surface area contributed by atoms with E-state index < -0.39 is 5.92 Å². The van der Waals surface area contributed by atoms with Crippen molar-refractivity contribution in [3.05, 3.63) is 0 Å². The van der Waals surface area contributed by atoms with E-state index in [9.17, 15) is 0 Å². The molecule has 2 aliphatic rings. The van der Waals surface area contributed by atoms with Crippen molar-refractivity contribution < 1.29 is 4.74 Å². The van der Waals surface area contributed by atoms with Gasteiger partial charge in [0.1, 0.15) is 0 Å². The van der Waals surface area contributed by atoms with Crippen LogP contribution < -0.4 is 10.6 Å². The third kappa shape index (κ3) is 3.05. The van der Waals surface area contributed by atoms with Crippen LogP contribution in [0.1, 0.15) is 12.8 Å². The molecule has 0 aromatic rings. The Morgan fingerprint density at radius 1 is 1.21 bits per heavy atom. The minimum Gasteiger partial charge on any atom is -0.378 e. The van der Waals surface area contributed by atoms with Crippen molar-refractivity contribution in [1.82, 2.24) is 15.5 Å². The minimum absolute atomic E-state index is 0.273. The van der Waals surface area contributed by atoms with Crippen LogP contribution in [0.2, 0.25) is 0 Å². The number of rotatable bonds is 4. The largest absolute Gasteiger partial charge is 0.378 e. The van der Waals surface area contributed by atoms with Gasteiger partial charge in [-0.1, -0.05) is 0 Å². The van der Waals surface area contributed by atoms with Gasteiger partial charge < -0.3 is 10.1 Å². The highest BCUT2D eigenvalue weighted by Gasteiger charge is 2.37.